The van der Waals surface area contributed by atoms with Crippen LogP contribution >= 0.6 is 0 Å². The number of aliphatic imine (C=N–C) groups is 1. The summed E-state index contributed by atoms with van der Waals surface area (Å²) in [6, 6.07) is 8.09. The third-order valence-corrected chi connectivity index (χ3v) is 4.09. The van der Waals surface area contributed by atoms with Gasteiger partial charge in [0.25, 0.3) is 0 Å². The first kappa shape index (κ1) is 17.8. The highest BCUT2D eigenvalue weighted by Gasteiger charge is 2.19. The van der Waals surface area contributed by atoms with Crippen LogP contribution in [0.25, 0.3) is 0 Å². The Kier molecular flexibility index (Phi) is 6.20. The second-order valence-corrected chi connectivity index (χ2v) is 5.66. The van der Waals surface area contributed by atoms with Crippen molar-refractivity contribution < 1.29 is 4.39 Å². The lowest BCUT2D eigenvalue weighted by Gasteiger charge is -2.17. The molecule has 1 aliphatic heterocycles. The first-order valence-electron chi connectivity index (χ1n) is 8.07. The minimum Gasteiger partial charge on any atom is -0.372 e. The molecule has 1 heterocycles. The van der Waals surface area contributed by atoms with Crippen molar-refractivity contribution in [2.24, 2.45) is 4.99 Å². The largest absolute Gasteiger partial charge is 0.372 e. The number of nitrogens with zero attached hydrogens (tertiary/aromatic N) is 2. The summed E-state index contributed by atoms with van der Waals surface area (Å²) in [5, 5.41) is 3.26. The number of benzene rings is 1. The van der Waals surface area contributed by atoms with Crippen LogP contribution in [0.5, 0.6) is 0 Å². The number of rotatable bonds is 4. The molecule has 0 aromatic heterocycles. The third-order valence-electron chi connectivity index (χ3n) is 4.09. The molecule has 4 heteroatoms. The van der Waals surface area contributed by atoms with E-state index in [9.17, 15) is 4.39 Å². The fourth-order valence-corrected chi connectivity index (χ4v) is 2.61. The van der Waals surface area contributed by atoms with Gasteiger partial charge >= 0.3 is 0 Å². The number of alkyl halides is 1. The molecule has 0 fully saturated rings. The zero-order valence-electron chi connectivity index (χ0n) is 14.8. The SMILES string of the molecule is C/C=C1/C(C)=C(C#CCc2ccc(N(C)CCF)cc2)N/C1=N/C. The van der Waals surface area contributed by atoms with Crippen LogP contribution in [0.15, 0.2) is 52.2 Å². The zero-order valence-corrected chi connectivity index (χ0v) is 14.8. The Labute approximate surface area is 144 Å². The zero-order chi connectivity index (χ0) is 17.5. The van der Waals surface area contributed by atoms with Crippen LogP contribution in [0.3, 0.4) is 0 Å². The van der Waals surface area contributed by atoms with Crippen molar-refractivity contribution in [1.82, 2.24) is 5.32 Å². The number of hydrogen-bond acceptors (Lipinski definition) is 2. The van der Waals surface area contributed by atoms with Gasteiger partial charge in [0.15, 0.2) is 0 Å². The van der Waals surface area contributed by atoms with Gasteiger partial charge in [0.05, 0.1) is 5.70 Å². The Morgan fingerprint density at radius 1 is 1.29 bits per heavy atom. The molecule has 0 atom stereocenters. The van der Waals surface area contributed by atoms with Gasteiger partial charge in [-0.25, -0.2) is 4.39 Å². The Hall–Kier alpha value is -2.54. The lowest BCUT2D eigenvalue weighted by atomic mass is 10.1. The lowest BCUT2D eigenvalue weighted by molar-refractivity contribution is 0.497. The molecule has 0 radical (unpaired) electrons. The third kappa shape index (κ3) is 4.05. The average molecular weight is 325 g/mol. The summed E-state index contributed by atoms with van der Waals surface area (Å²) in [4.78, 5) is 6.14. The molecule has 24 heavy (non-hydrogen) atoms. The standard InChI is InChI=1S/C20H24FN3/c1-5-18-15(2)19(23-20(18)22-3)8-6-7-16-9-11-17(12-10-16)24(4)14-13-21/h5,9-12H,7,13-14H2,1-4H3,(H,22,23)/b18-5-. The van der Waals surface area contributed by atoms with E-state index in [2.05, 4.69) is 29.1 Å². The average Bonchev–Trinajstić information content (AvgIpc) is 2.91. The van der Waals surface area contributed by atoms with Crippen molar-refractivity contribution in [3.8, 4) is 11.8 Å². The number of nitrogens with one attached hydrogen (secondary N) is 1. The van der Waals surface area contributed by atoms with Crippen molar-refractivity contribution in [3.05, 3.63) is 52.7 Å². The highest BCUT2D eigenvalue weighted by atomic mass is 19.1. The van der Waals surface area contributed by atoms with E-state index in [0.29, 0.717) is 13.0 Å². The summed E-state index contributed by atoms with van der Waals surface area (Å²) < 4.78 is 12.4. The van der Waals surface area contributed by atoms with E-state index in [1.54, 1.807) is 7.05 Å². The predicted octanol–water partition coefficient (Wildman–Crippen LogP) is 3.49. The highest BCUT2D eigenvalue weighted by Crippen LogP contribution is 2.20. The van der Waals surface area contributed by atoms with E-state index >= 15 is 0 Å². The summed E-state index contributed by atoms with van der Waals surface area (Å²) in [6.45, 7) is 4.12. The molecule has 2 rings (SSSR count). The Morgan fingerprint density at radius 3 is 2.54 bits per heavy atom. The number of halogens is 1. The van der Waals surface area contributed by atoms with E-state index in [0.717, 1.165) is 33.9 Å². The maximum atomic E-state index is 12.4. The molecule has 1 aromatic carbocycles. The van der Waals surface area contributed by atoms with Crippen LogP contribution < -0.4 is 10.2 Å². The normalized spacial score (nSPS) is 17.0. The highest BCUT2D eigenvalue weighted by molar-refractivity contribution is 6.07. The lowest BCUT2D eigenvalue weighted by Crippen LogP contribution is -2.19. The summed E-state index contributed by atoms with van der Waals surface area (Å²) in [6.07, 6.45) is 2.72. The van der Waals surface area contributed by atoms with Gasteiger partial charge in [-0.2, -0.15) is 0 Å². The van der Waals surface area contributed by atoms with Crippen LogP contribution in [0.4, 0.5) is 10.1 Å². The summed E-state index contributed by atoms with van der Waals surface area (Å²) in [7, 11) is 3.66. The van der Waals surface area contributed by atoms with Crippen LogP contribution in [-0.2, 0) is 6.42 Å². The first-order valence-corrected chi connectivity index (χ1v) is 8.07. The molecule has 0 aliphatic carbocycles. The van der Waals surface area contributed by atoms with Gasteiger partial charge in [0.1, 0.15) is 12.5 Å². The summed E-state index contributed by atoms with van der Waals surface area (Å²) >= 11 is 0. The Morgan fingerprint density at radius 2 is 2.00 bits per heavy atom. The van der Waals surface area contributed by atoms with Gasteiger partial charge in [-0.05, 0) is 43.0 Å². The Balaban J connectivity index is 2.05. The molecule has 3 nitrogen and oxygen atoms in total. The van der Waals surface area contributed by atoms with Gasteiger partial charge in [0, 0.05) is 38.3 Å². The predicted molar refractivity (Wildman–Crippen MR) is 100 cm³/mol. The van der Waals surface area contributed by atoms with Crippen molar-refractivity contribution >= 4 is 11.5 Å². The summed E-state index contributed by atoms with van der Waals surface area (Å²) in [5.41, 5.74) is 5.33. The minimum atomic E-state index is -0.345. The fourth-order valence-electron chi connectivity index (χ4n) is 2.61. The van der Waals surface area contributed by atoms with E-state index in [-0.39, 0.29) is 6.67 Å². The summed E-state index contributed by atoms with van der Waals surface area (Å²) in [5.74, 6) is 7.29. The van der Waals surface area contributed by atoms with Crippen molar-refractivity contribution in [1.29, 1.82) is 0 Å². The molecule has 0 saturated heterocycles. The number of amidine groups is 1. The van der Waals surface area contributed by atoms with Gasteiger partial charge in [0.2, 0.25) is 0 Å². The Bertz CT molecular complexity index is 730. The minimum absolute atomic E-state index is 0.345. The molecule has 0 bridgehead atoms. The quantitative estimate of drug-likeness (QED) is 0.858. The molecule has 1 N–H and O–H groups in total. The first-order chi connectivity index (χ1) is 11.6. The molecule has 1 aromatic rings. The molecule has 0 saturated carbocycles. The van der Waals surface area contributed by atoms with Crippen LogP contribution in [-0.4, -0.2) is 33.2 Å². The van der Waals surface area contributed by atoms with Crippen molar-refractivity contribution in [2.45, 2.75) is 20.3 Å². The number of anilines is 1. The molecular weight excluding hydrogens is 301 g/mol. The van der Waals surface area contributed by atoms with Crippen molar-refractivity contribution in [2.75, 3.05) is 32.2 Å². The van der Waals surface area contributed by atoms with E-state index in [1.807, 2.05) is 49.2 Å². The van der Waals surface area contributed by atoms with Crippen LogP contribution in [0, 0.1) is 11.8 Å². The van der Waals surface area contributed by atoms with Crippen LogP contribution in [0.2, 0.25) is 0 Å². The molecule has 1 aliphatic rings. The molecule has 0 spiro atoms. The van der Waals surface area contributed by atoms with Gasteiger partial charge in [-0.15, -0.1) is 0 Å². The van der Waals surface area contributed by atoms with E-state index in [1.165, 1.54) is 0 Å². The van der Waals surface area contributed by atoms with Gasteiger partial charge in [-0.1, -0.05) is 24.1 Å². The number of hydrogen-bond donors (Lipinski definition) is 1. The van der Waals surface area contributed by atoms with E-state index < -0.39 is 0 Å². The second kappa shape index (κ2) is 8.35. The smallest absolute Gasteiger partial charge is 0.132 e. The molecular formula is C20H24FN3. The van der Waals surface area contributed by atoms with Crippen LogP contribution in [0.1, 0.15) is 19.4 Å². The maximum absolute atomic E-state index is 12.4. The van der Waals surface area contributed by atoms with Gasteiger partial charge < -0.3 is 10.2 Å². The van der Waals surface area contributed by atoms with Gasteiger partial charge in [-0.3, -0.25) is 4.99 Å². The molecule has 0 unspecified atom stereocenters. The molecule has 126 valence electrons. The fraction of sp³-hybridized carbons (Fsp3) is 0.350. The molecule has 0 amide bonds. The topological polar surface area (TPSA) is 27.6 Å². The van der Waals surface area contributed by atoms with E-state index in [4.69, 9.17) is 0 Å². The monoisotopic (exact) mass is 325 g/mol. The van der Waals surface area contributed by atoms with Crippen molar-refractivity contribution in [3.63, 3.8) is 0 Å². The maximum Gasteiger partial charge on any atom is 0.132 e. The second-order valence-electron chi connectivity index (χ2n) is 5.66. The number of allylic oxidation sites excluding steroid dienone is 2.